The molecule has 1 fully saturated rings. The molecule has 1 aromatic heterocycles. The van der Waals surface area contributed by atoms with E-state index in [0.717, 1.165) is 31.9 Å². The Bertz CT molecular complexity index is 364. The van der Waals surface area contributed by atoms with E-state index in [0.29, 0.717) is 11.8 Å². The maximum atomic E-state index is 6.17. The standard InChI is InChI=1S/C12H21N3O2/c1-12(2,3)11-14-10(17-15-11)9(13)8-4-6-16-7-5-8/h8-9H,4-7,13H2,1-3H3/t9-/m1/s1. The summed E-state index contributed by atoms with van der Waals surface area (Å²) in [5.74, 6) is 1.66. The Morgan fingerprint density at radius 2 is 1.94 bits per heavy atom. The minimum Gasteiger partial charge on any atom is -0.381 e. The fourth-order valence-electron chi connectivity index (χ4n) is 1.95. The molecule has 1 aliphatic heterocycles. The van der Waals surface area contributed by atoms with E-state index >= 15 is 0 Å². The van der Waals surface area contributed by atoms with E-state index in [1.807, 2.05) is 0 Å². The summed E-state index contributed by atoms with van der Waals surface area (Å²) in [7, 11) is 0. The zero-order chi connectivity index (χ0) is 12.5. The van der Waals surface area contributed by atoms with Crippen LogP contribution in [0.1, 0.15) is 51.4 Å². The van der Waals surface area contributed by atoms with Gasteiger partial charge < -0.3 is 15.0 Å². The largest absolute Gasteiger partial charge is 0.381 e. The van der Waals surface area contributed by atoms with Crippen LogP contribution >= 0.6 is 0 Å². The van der Waals surface area contributed by atoms with Crippen LogP contribution in [0, 0.1) is 5.92 Å². The van der Waals surface area contributed by atoms with Gasteiger partial charge in [0.25, 0.3) is 0 Å². The average Bonchev–Trinajstić information content (AvgIpc) is 2.78. The van der Waals surface area contributed by atoms with Gasteiger partial charge >= 0.3 is 0 Å². The van der Waals surface area contributed by atoms with Gasteiger partial charge in [-0.05, 0) is 18.8 Å². The number of nitrogens with two attached hydrogens (primary N) is 1. The number of ether oxygens (including phenoxy) is 1. The van der Waals surface area contributed by atoms with E-state index in [-0.39, 0.29) is 11.5 Å². The number of hydrogen-bond donors (Lipinski definition) is 1. The summed E-state index contributed by atoms with van der Waals surface area (Å²) in [6.45, 7) is 7.72. The van der Waals surface area contributed by atoms with Crippen LogP contribution in [-0.4, -0.2) is 23.4 Å². The summed E-state index contributed by atoms with van der Waals surface area (Å²) in [6.07, 6.45) is 1.93. The number of hydrogen-bond acceptors (Lipinski definition) is 5. The second kappa shape index (κ2) is 4.74. The van der Waals surface area contributed by atoms with E-state index in [1.165, 1.54) is 0 Å². The molecular weight excluding hydrogens is 218 g/mol. The first kappa shape index (κ1) is 12.5. The SMILES string of the molecule is CC(C)(C)c1noc([C@H](N)C2CCOCC2)n1. The zero-order valence-electron chi connectivity index (χ0n) is 10.8. The molecule has 2 rings (SSSR count). The zero-order valence-corrected chi connectivity index (χ0v) is 10.8. The fraction of sp³-hybridized carbons (Fsp3) is 0.833. The van der Waals surface area contributed by atoms with Gasteiger partial charge in [-0.3, -0.25) is 0 Å². The second-order valence-corrected chi connectivity index (χ2v) is 5.68. The summed E-state index contributed by atoms with van der Waals surface area (Å²) in [6, 6.07) is -0.164. The lowest BCUT2D eigenvalue weighted by molar-refractivity contribution is 0.0546. The first-order chi connectivity index (χ1) is 7.98. The van der Waals surface area contributed by atoms with Crippen LogP contribution in [0.4, 0.5) is 0 Å². The molecule has 0 unspecified atom stereocenters. The van der Waals surface area contributed by atoms with Crippen LogP contribution < -0.4 is 5.73 Å². The topological polar surface area (TPSA) is 74.2 Å². The van der Waals surface area contributed by atoms with Crippen molar-refractivity contribution in [2.45, 2.75) is 45.1 Å². The molecular formula is C12H21N3O2. The Morgan fingerprint density at radius 1 is 1.29 bits per heavy atom. The fourth-order valence-corrected chi connectivity index (χ4v) is 1.95. The third-order valence-electron chi connectivity index (χ3n) is 3.17. The van der Waals surface area contributed by atoms with Crippen molar-refractivity contribution in [2.75, 3.05) is 13.2 Å². The van der Waals surface area contributed by atoms with Gasteiger partial charge in [0, 0.05) is 18.6 Å². The number of rotatable bonds is 2. The third-order valence-corrected chi connectivity index (χ3v) is 3.17. The van der Waals surface area contributed by atoms with E-state index in [9.17, 15) is 0 Å². The summed E-state index contributed by atoms with van der Waals surface area (Å²) in [5, 5.41) is 4.01. The van der Waals surface area contributed by atoms with Gasteiger partial charge in [0.1, 0.15) is 0 Å². The smallest absolute Gasteiger partial charge is 0.243 e. The van der Waals surface area contributed by atoms with Crippen molar-refractivity contribution >= 4 is 0 Å². The Morgan fingerprint density at radius 3 is 2.47 bits per heavy atom. The molecule has 0 radical (unpaired) electrons. The molecule has 17 heavy (non-hydrogen) atoms. The van der Waals surface area contributed by atoms with Crippen LogP contribution in [0.15, 0.2) is 4.52 Å². The van der Waals surface area contributed by atoms with E-state index < -0.39 is 0 Å². The van der Waals surface area contributed by atoms with Gasteiger partial charge in [-0.15, -0.1) is 0 Å². The summed E-state index contributed by atoms with van der Waals surface area (Å²) in [4.78, 5) is 4.41. The Hall–Kier alpha value is -0.940. The van der Waals surface area contributed by atoms with Crippen molar-refractivity contribution in [3.63, 3.8) is 0 Å². The van der Waals surface area contributed by atoms with Gasteiger partial charge in [-0.2, -0.15) is 4.98 Å². The van der Waals surface area contributed by atoms with Crippen molar-refractivity contribution in [2.24, 2.45) is 11.7 Å². The molecule has 5 heteroatoms. The Balaban J connectivity index is 2.08. The molecule has 1 atom stereocenters. The number of nitrogens with zero attached hydrogens (tertiary/aromatic N) is 2. The van der Waals surface area contributed by atoms with Crippen LogP contribution in [0.25, 0.3) is 0 Å². The summed E-state index contributed by atoms with van der Waals surface area (Å²) in [5.41, 5.74) is 6.07. The highest BCUT2D eigenvalue weighted by Crippen LogP contribution is 2.28. The molecule has 0 amide bonds. The van der Waals surface area contributed by atoms with Crippen LogP contribution in [0.3, 0.4) is 0 Å². The van der Waals surface area contributed by atoms with Crippen molar-refractivity contribution in [3.05, 3.63) is 11.7 Å². The maximum absolute atomic E-state index is 6.17. The first-order valence-electron chi connectivity index (χ1n) is 6.16. The van der Waals surface area contributed by atoms with Crippen LogP contribution in [0.5, 0.6) is 0 Å². The van der Waals surface area contributed by atoms with Crippen molar-refractivity contribution in [1.29, 1.82) is 0 Å². The van der Waals surface area contributed by atoms with Gasteiger partial charge in [0.2, 0.25) is 5.89 Å². The molecule has 0 saturated carbocycles. The molecule has 0 aromatic carbocycles. The molecule has 2 heterocycles. The average molecular weight is 239 g/mol. The van der Waals surface area contributed by atoms with Gasteiger partial charge in [-0.25, -0.2) is 0 Å². The highest BCUT2D eigenvalue weighted by atomic mass is 16.5. The predicted octanol–water partition coefficient (Wildman–Crippen LogP) is 1.79. The normalized spacial score (nSPS) is 20.5. The Labute approximate surface area is 102 Å². The quantitative estimate of drug-likeness (QED) is 0.851. The monoisotopic (exact) mass is 239 g/mol. The molecule has 5 nitrogen and oxygen atoms in total. The molecule has 96 valence electrons. The lowest BCUT2D eigenvalue weighted by Crippen LogP contribution is -2.27. The highest BCUT2D eigenvalue weighted by molar-refractivity contribution is 5.02. The van der Waals surface area contributed by atoms with E-state index in [2.05, 4.69) is 30.9 Å². The predicted molar refractivity (Wildman–Crippen MR) is 63.5 cm³/mol. The minimum absolute atomic E-state index is 0.100. The molecule has 0 aliphatic carbocycles. The van der Waals surface area contributed by atoms with Gasteiger partial charge in [-0.1, -0.05) is 25.9 Å². The Kier molecular flexibility index (Phi) is 3.49. The van der Waals surface area contributed by atoms with Crippen molar-refractivity contribution < 1.29 is 9.26 Å². The van der Waals surface area contributed by atoms with E-state index in [4.69, 9.17) is 15.0 Å². The number of aromatic nitrogens is 2. The van der Waals surface area contributed by atoms with Crippen LogP contribution in [-0.2, 0) is 10.2 Å². The molecule has 2 N–H and O–H groups in total. The third kappa shape index (κ3) is 2.84. The molecule has 0 spiro atoms. The molecule has 1 aliphatic rings. The molecule has 1 aromatic rings. The maximum Gasteiger partial charge on any atom is 0.243 e. The van der Waals surface area contributed by atoms with Crippen LogP contribution in [0.2, 0.25) is 0 Å². The molecule has 0 bridgehead atoms. The first-order valence-corrected chi connectivity index (χ1v) is 6.16. The van der Waals surface area contributed by atoms with Gasteiger partial charge in [0.15, 0.2) is 5.82 Å². The summed E-state index contributed by atoms with van der Waals surface area (Å²) >= 11 is 0. The lowest BCUT2D eigenvalue weighted by atomic mass is 9.92. The highest BCUT2D eigenvalue weighted by Gasteiger charge is 2.28. The molecule has 1 saturated heterocycles. The van der Waals surface area contributed by atoms with Crippen molar-refractivity contribution in [3.8, 4) is 0 Å². The van der Waals surface area contributed by atoms with E-state index in [1.54, 1.807) is 0 Å². The van der Waals surface area contributed by atoms with Crippen molar-refractivity contribution in [1.82, 2.24) is 10.1 Å². The lowest BCUT2D eigenvalue weighted by Gasteiger charge is -2.25. The summed E-state index contributed by atoms with van der Waals surface area (Å²) < 4.78 is 10.6. The van der Waals surface area contributed by atoms with Gasteiger partial charge in [0.05, 0.1) is 6.04 Å². The minimum atomic E-state index is -0.164. The second-order valence-electron chi connectivity index (χ2n) is 5.68.